The fourth-order valence-corrected chi connectivity index (χ4v) is 2.12. The SMILES string of the molecule is CCCCCCCCCCCCCC[14C](=O)O. The van der Waals surface area contributed by atoms with Crippen molar-refractivity contribution in [2.75, 3.05) is 0 Å². The van der Waals surface area contributed by atoms with Gasteiger partial charge in [0.15, 0.2) is 0 Å². The Morgan fingerprint density at radius 1 is 0.706 bits per heavy atom. The molecule has 0 aliphatic heterocycles. The van der Waals surface area contributed by atoms with Crippen molar-refractivity contribution in [3.8, 4) is 0 Å². The second-order valence-corrected chi connectivity index (χ2v) is 5.03. The molecule has 0 saturated carbocycles. The maximum absolute atomic E-state index is 10.3. The molecule has 1 N–H and O–H groups in total. The molecule has 0 aromatic heterocycles. The number of hydrogen-bond acceptors (Lipinski definition) is 1. The predicted octanol–water partition coefficient (Wildman–Crippen LogP) is 5.16. The molecular weight excluding hydrogens is 214 g/mol. The summed E-state index contributed by atoms with van der Waals surface area (Å²) in [6, 6.07) is 0. The number of hydrogen-bond donors (Lipinski definition) is 1. The van der Waals surface area contributed by atoms with Crippen molar-refractivity contribution < 1.29 is 9.90 Å². The zero-order chi connectivity index (χ0) is 12.8. The van der Waals surface area contributed by atoms with E-state index in [2.05, 4.69) is 6.92 Å². The number of aliphatic carboxylic acids is 1. The van der Waals surface area contributed by atoms with Crippen LogP contribution in [0.2, 0.25) is 0 Å². The molecule has 102 valence electrons. The normalized spacial score (nSPS) is 10.6. The molecule has 17 heavy (non-hydrogen) atoms. The predicted molar refractivity (Wildman–Crippen MR) is 73.3 cm³/mol. The third-order valence-electron chi connectivity index (χ3n) is 3.24. The average Bonchev–Trinajstić information content (AvgIpc) is 2.30. The first-order chi connectivity index (χ1) is 8.27. The van der Waals surface area contributed by atoms with E-state index in [1.807, 2.05) is 0 Å². The van der Waals surface area contributed by atoms with Gasteiger partial charge >= 0.3 is 5.97 Å². The maximum atomic E-state index is 10.3. The lowest BCUT2D eigenvalue weighted by molar-refractivity contribution is -0.137. The second kappa shape index (κ2) is 13.5. The third-order valence-corrected chi connectivity index (χ3v) is 3.24. The summed E-state index contributed by atoms with van der Waals surface area (Å²) in [6.45, 7) is 2.25. The van der Waals surface area contributed by atoms with Gasteiger partial charge in [-0.05, 0) is 6.42 Å². The van der Waals surface area contributed by atoms with Crippen LogP contribution >= 0.6 is 0 Å². The minimum absolute atomic E-state index is 0.345. The smallest absolute Gasteiger partial charge is 0.303 e. The largest absolute Gasteiger partial charge is 0.481 e. The highest BCUT2D eigenvalue weighted by Gasteiger charge is 1.96. The molecule has 0 spiro atoms. The van der Waals surface area contributed by atoms with Gasteiger partial charge in [0.1, 0.15) is 0 Å². The molecule has 0 rings (SSSR count). The van der Waals surface area contributed by atoms with Crippen LogP contribution in [-0.4, -0.2) is 11.1 Å². The zero-order valence-electron chi connectivity index (χ0n) is 11.5. The van der Waals surface area contributed by atoms with Gasteiger partial charge in [0.05, 0.1) is 0 Å². The van der Waals surface area contributed by atoms with Gasteiger partial charge in [0, 0.05) is 6.42 Å². The van der Waals surface area contributed by atoms with Crippen molar-refractivity contribution in [1.82, 2.24) is 0 Å². The first kappa shape index (κ1) is 16.5. The number of unbranched alkanes of at least 4 members (excludes halogenated alkanes) is 11. The zero-order valence-corrected chi connectivity index (χ0v) is 11.5. The highest BCUT2D eigenvalue weighted by atomic mass is 16.6. The Hall–Kier alpha value is -0.530. The van der Waals surface area contributed by atoms with E-state index in [0.717, 1.165) is 12.8 Å². The summed E-state index contributed by atoms with van der Waals surface area (Å²) in [5.41, 5.74) is 0. The van der Waals surface area contributed by atoms with E-state index < -0.39 is 5.97 Å². The van der Waals surface area contributed by atoms with Crippen molar-refractivity contribution in [2.45, 2.75) is 90.4 Å². The molecule has 0 aromatic carbocycles. The van der Waals surface area contributed by atoms with E-state index in [1.54, 1.807) is 0 Å². The molecule has 0 unspecified atom stereocenters. The van der Waals surface area contributed by atoms with Crippen LogP contribution in [0, 0.1) is 0 Å². The standard InChI is InChI=1S/C15H30O2/c1-2-3-4-5-6-7-8-9-10-11-12-13-14-15(16)17/h2-14H2,1H3,(H,16,17)/i15+2. The maximum Gasteiger partial charge on any atom is 0.303 e. The first-order valence-corrected chi connectivity index (χ1v) is 7.49. The Kier molecular flexibility index (Phi) is 13.1. The van der Waals surface area contributed by atoms with E-state index >= 15 is 0 Å². The Balaban J connectivity index is 2.91. The molecule has 0 amide bonds. The third kappa shape index (κ3) is 15.5. The van der Waals surface area contributed by atoms with Crippen LogP contribution in [0.25, 0.3) is 0 Å². The molecule has 0 radical (unpaired) electrons. The van der Waals surface area contributed by atoms with Crippen molar-refractivity contribution in [1.29, 1.82) is 0 Å². The van der Waals surface area contributed by atoms with Gasteiger partial charge in [-0.3, -0.25) is 4.79 Å². The fourth-order valence-electron chi connectivity index (χ4n) is 2.12. The number of carbonyl (C=O) groups is 1. The highest BCUT2D eigenvalue weighted by molar-refractivity contribution is 5.66. The molecule has 2 heteroatoms. The van der Waals surface area contributed by atoms with Crippen molar-refractivity contribution in [3.05, 3.63) is 0 Å². The van der Waals surface area contributed by atoms with Gasteiger partial charge < -0.3 is 5.11 Å². The molecule has 0 fully saturated rings. The van der Waals surface area contributed by atoms with E-state index in [-0.39, 0.29) is 0 Å². The average molecular weight is 244 g/mol. The number of carboxylic acid groups (broad SMARTS) is 1. The Labute approximate surface area is 107 Å². The van der Waals surface area contributed by atoms with Crippen LogP contribution in [0.5, 0.6) is 0 Å². The van der Waals surface area contributed by atoms with Crippen LogP contribution in [0.4, 0.5) is 0 Å². The van der Waals surface area contributed by atoms with Gasteiger partial charge in [0.25, 0.3) is 0 Å². The molecule has 0 aromatic rings. The van der Waals surface area contributed by atoms with Gasteiger partial charge in [-0.1, -0.05) is 77.6 Å². The first-order valence-electron chi connectivity index (χ1n) is 7.49. The summed E-state index contributed by atoms with van der Waals surface area (Å²) >= 11 is 0. The van der Waals surface area contributed by atoms with Crippen LogP contribution in [0.1, 0.15) is 90.4 Å². The van der Waals surface area contributed by atoms with Crippen LogP contribution in [-0.2, 0) is 4.79 Å². The van der Waals surface area contributed by atoms with Crippen molar-refractivity contribution >= 4 is 5.97 Å². The molecule has 2 nitrogen and oxygen atoms in total. The minimum atomic E-state index is -0.655. The van der Waals surface area contributed by atoms with Crippen LogP contribution in [0.15, 0.2) is 0 Å². The summed E-state index contributed by atoms with van der Waals surface area (Å²) in [4.78, 5) is 10.3. The van der Waals surface area contributed by atoms with E-state index in [9.17, 15) is 4.79 Å². The molecule has 0 atom stereocenters. The monoisotopic (exact) mass is 244 g/mol. The second-order valence-electron chi connectivity index (χ2n) is 5.03. The van der Waals surface area contributed by atoms with E-state index in [4.69, 9.17) is 5.11 Å². The lowest BCUT2D eigenvalue weighted by Gasteiger charge is -2.02. The number of rotatable bonds is 13. The Morgan fingerprint density at radius 3 is 1.41 bits per heavy atom. The van der Waals surface area contributed by atoms with Gasteiger partial charge in [-0.15, -0.1) is 0 Å². The summed E-state index contributed by atoms with van der Waals surface area (Å²) in [5, 5.41) is 8.47. The molecule has 0 aliphatic carbocycles. The van der Waals surface area contributed by atoms with E-state index in [0.29, 0.717) is 6.42 Å². The topological polar surface area (TPSA) is 37.3 Å². The van der Waals surface area contributed by atoms with Crippen LogP contribution in [0.3, 0.4) is 0 Å². The molecule has 0 aliphatic rings. The molecular formula is C15H30O2. The van der Waals surface area contributed by atoms with Crippen LogP contribution < -0.4 is 0 Å². The molecule has 0 saturated heterocycles. The quantitative estimate of drug-likeness (QED) is 0.454. The van der Waals surface area contributed by atoms with Crippen molar-refractivity contribution in [3.63, 3.8) is 0 Å². The van der Waals surface area contributed by atoms with Gasteiger partial charge in [-0.25, -0.2) is 0 Å². The lowest BCUT2D eigenvalue weighted by atomic mass is 10.1. The van der Waals surface area contributed by atoms with Gasteiger partial charge in [-0.2, -0.15) is 0 Å². The summed E-state index contributed by atoms with van der Waals surface area (Å²) < 4.78 is 0. The fraction of sp³-hybridized carbons (Fsp3) is 0.933. The van der Waals surface area contributed by atoms with Gasteiger partial charge in [0.2, 0.25) is 0 Å². The summed E-state index contributed by atoms with van der Waals surface area (Å²) in [5.74, 6) is -0.655. The number of carboxylic acids is 1. The van der Waals surface area contributed by atoms with E-state index in [1.165, 1.54) is 64.2 Å². The Bertz CT molecular complexity index is 166. The summed E-state index contributed by atoms with van der Waals surface area (Å²) in [7, 11) is 0. The van der Waals surface area contributed by atoms with Crippen molar-refractivity contribution in [2.24, 2.45) is 0 Å². The molecule has 0 bridgehead atoms. The minimum Gasteiger partial charge on any atom is -0.481 e. The summed E-state index contributed by atoms with van der Waals surface area (Å²) in [6.07, 6.45) is 15.8. The lowest BCUT2D eigenvalue weighted by Crippen LogP contribution is -1.93. The Morgan fingerprint density at radius 2 is 1.06 bits per heavy atom. The highest BCUT2D eigenvalue weighted by Crippen LogP contribution is 2.12. The molecule has 0 heterocycles.